The Kier molecular flexibility index (Phi) is 3.32. The third-order valence-electron chi connectivity index (χ3n) is 0.409. The highest BCUT2D eigenvalue weighted by Gasteiger charge is 1.89. The van der Waals surface area contributed by atoms with E-state index in [-0.39, 0.29) is 6.00 Å². The molecule has 2 amide bonds. The van der Waals surface area contributed by atoms with E-state index in [1.807, 2.05) is 0 Å². The van der Waals surface area contributed by atoms with Crippen molar-refractivity contribution in [2.45, 2.75) is 0 Å². The predicted octanol–water partition coefficient (Wildman–Crippen LogP) is -0.203. The molecule has 0 saturated heterocycles. The zero-order valence-corrected chi connectivity index (χ0v) is 4.26. The number of hydrogen-bond acceptors (Lipinski definition) is 2. The average molecular weight is 122 g/mol. The highest BCUT2D eigenvalue weighted by Crippen LogP contribution is 1.77. The van der Waals surface area contributed by atoms with Crippen molar-refractivity contribution in [2.24, 2.45) is 0 Å². The maximum Gasteiger partial charge on any atom is 0.217 e. The van der Waals surface area contributed by atoms with E-state index in [1.165, 1.54) is 0 Å². The average Bonchev–Trinajstić information content (AvgIpc) is 1.72. The standard InChI is InChI=1S/C3H4ClNO2/c4-1-5(2-6)3-7/h2-3H,1H2. The van der Waals surface area contributed by atoms with Crippen molar-refractivity contribution in [1.29, 1.82) is 0 Å². The molecule has 0 aromatic carbocycles. The third kappa shape index (κ3) is 2.17. The van der Waals surface area contributed by atoms with Crippen molar-refractivity contribution in [1.82, 2.24) is 4.90 Å². The van der Waals surface area contributed by atoms with Crippen LogP contribution in [0.1, 0.15) is 0 Å². The summed E-state index contributed by atoms with van der Waals surface area (Å²) in [6.07, 6.45) is 0.722. The van der Waals surface area contributed by atoms with Gasteiger partial charge in [-0.2, -0.15) is 0 Å². The van der Waals surface area contributed by atoms with Crippen LogP contribution in [0.3, 0.4) is 0 Å². The molecule has 0 aromatic rings. The zero-order chi connectivity index (χ0) is 5.70. The van der Waals surface area contributed by atoms with E-state index in [2.05, 4.69) is 0 Å². The fourth-order valence-electron chi connectivity index (χ4n) is 0.0812. The Hall–Kier alpha value is -0.570. The molecule has 0 rings (SSSR count). The second-order valence-corrected chi connectivity index (χ2v) is 1.08. The van der Waals surface area contributed by atoms with E-state index >= 15 is 0 Å². The maximum absolute atomic E-state index is 9.58. The van der Waals surface area contributed by atoms with Crippen LogP contribution < -0.4 is 0 Å². The number of nitrogens with zero attached hydrogens (tertiary/aromatic N) is 1. The quantitative estimate of drug-likeness (QED) is 0.295. The highest BCUT2D eigenvalue weighted by atomic mass is 35.5. The van der Waals surface area contributed by atoms with Gasteiger partial charge >= 0.3 is 0 Å². The SMILES string of the molecule is O=CN(C=O)CCl. The first-order valence-corrected chi connectivity index (χ1v) is 2.11. The Morgan fingerprint density at radius 1 is 1.43 bits per heavy atom. The number of carbonyl (C=O) groups is 2. The number of carbonyl (C=O) groups excluding carboxylic acids is 2. The lowest BCUT2D eigenvalue weighted by Gasteiger charge is -1.97. The molecule has 0 saturated carbocycles. The van der Waals surface area contributed by atoms with Gasteiger partial charge in [0.25, 0.3) is 0 Å². The molecule has 0 fully saturated rings. The first-order chi connectivity index (χ1) is 3.35. The van der Waals surface area contributed by atoms with Gasteiger partial charge in [-0.25, -0.2) is 0 Å². The summed E-state index contributed by atoms with van der Waals surface area (Å²) in [5.41, 5.74) is 0. The summed E-state index contributed by atoms with van der Waals surface area (Å²) < 4.78 is 0. The summed E-state index contributed by atoms with van der Waals surface area (Å²) in [4.78, 5) is 19.9. The number of rotatable bonds is 3. The second kappa shape index (κ2) is 3.61. The lowest BCUT2D eigenvalue weighted by atomic mass is 11.0. The fraction of sp³-hybridized carbons (Fsp3) is 0.333. The van der Waals surface area contributed by atoms with E-state index in [0.717, 1.165) is 4.90 Å². The van der Waals surface area contributed by atoms with E-state index in [0.29, 0.717) is 12.8 Å². The van der Waals surface area contributed by atoms with Crippen LogP contribution in [0, 0.1) is 0 Å². The largest absolute Gasteiger partial charge is 0.278 e. The molecule has 0 atom stereocenters. The smallest absolute Gasteiger partial charge is 0.217 e. The van der Waals surface area contributed by atoms with Gasteiger partial charge in [-0.05, 0) is 0 Å². The van der Waals surface area contributed by atoms with E-state index in [4.69, 9.17) is 11.6 Å². The van der Waals surface area contributed by atoms with Gasteiger partial charge in [0.05, 0.1) is 0 Å². The van der Waals surface area contributed by atoms with Crippen molar-refractivity contribution in [3.05, 3.63) is 0 Å². The molecule has 0 unspecified atom stereocenters. The van der Waals surface area contributed by atoms with Crippen LogP contribution in [0.4, 0.5) is 0 Å². The van der Waals surface area contributed by atoms with E-state index in [1.54, 1.807) is 0 Å². The monoisotopic (exact) mass is 121 g/mol. The fourth-order valence-corrected chi connectivity index (χ4v) is 0.194. The molecule has 7 heavy (non-hydrogen) atoms. The van der Waals surface area contributed by atoms with Crippen LogP contribution in [0.2, 0.25) is 0 Å². The number of hydrogen-bond donors (Lipinski definition) is 0. The minimum Gasteiger partial charge on any atom is -0.278 e. The summed E-state index contributed by atoms with van der Waals surface area (Å²) in [5.74, 6) is 0. The Bertz CT molecular complexity index is 67.3. The van der Waals surface area contributed by atoms with Crippen molar-refractivity contribution < 1.29 is 9.59 Å². The third-order valence-corrected chi connectivity index (χ3v) is 0.685. The first-order valence-electron chi connectivity index (χ1n) is 1.57. The number of imide groups is 1. The normalized spacial score (nSPS) is 7.57. The van der Waals surface area contributed by atoms with Gasteiger partial charge in [-0.1, -0.05) is 0 Å². The molecule has 0 spiro atoms. The van der Waals surface area contributed by atoms with Crippen LogP contribution in [-0.4, -0.2) is 23.7 Å². The van der Waals surface area contributed by atoms with Gasteiger partial charge in [-0.15, -0.1) is 11.6 Å². The van der Waals surface area contributed by atoms with Crippen molar-refractivity contribution >= 4 is 24.4 Å². The lowest BCUT2D eigenvalue weighted by Crippen LogP contribution is -2.16. The Labute approximate surface area is 45.9 Å². The van der Waals surface area contributed by atoms with Gasteiger partial charge < -0.3 is 0 Å². The van der Waals surface area contributed by atoms with Crippen LogP contribution in [0.5, 0.6) is 0 Å². The topological polar surface area (TPSA) is 37.4 Å². The molecule has 0 N–H and O–H groups in total. The van der Waals surface area contributed by atoms with Gasteiger partial charge in [0.15, 0.2) is 0 Å². The minimum atomic E-state index is -0.0764. The Balaban J connectivity index is 3.36. The number of alkyl halides is 1. The first kappa shape index (κ1) is 6.43. The van der Waals surface area contributed by atoms with Gasteiger partial charge in [0.1, 0.15) is 6.00 Å². The Morgan fingerprint density at radius 3 is 1.86 bits per heavy atom. The summed E-state index contributed by atoms with van der Waals surface area (Å²) in [7, 11) is 0. The summed E-state index contributed by atoms with van der Waals surface area (Å²) in [5, 5.41) is 0. The van der Waals surface area contributed by atoms with Gasteiger partial charge in [-0.3, -0.25) is 14.5 Å². The summed E-state index contributed by atoms with van der Waals surface area (Å²) in [6, 6.07) is -0.0764. The van der Waals surface area contributed by atoms with Gasteiger partial charge in [0.2, 0.25) is 12.8 Å². The van der Waals surface area contributed by atoms with E-state index < -0.39 is 0 Å². The lowest BCUT2D eigenvalue weighted by molar-refractivity contribution is -0.128. The molecule has 0 bridgehead atoms. The molecular weight excluding hydrogens is 117 g/mol. The molecule has 0 aliphatic rings. The van der Waals surface area contributed by atoms with Crippen molar-refractivity contribution in [3.8, 4) is 0 Å². The second-order valence-electron chi connectivity index (χ2n) is 0.845. The van der Waals surface area contributed by atoms with Crippen LogP contribution in [0.15, 0.2) is 0 Å². The van der Waals surface area contributed by atoms with Gasteiger partial charge in [0, 0.05) is 0 Å². The highest BCUT2D eigenvalue weighted by molar-refractivity contribution is 6.18. The zero-order valence-electron chi connectivity index (χ0n) is 3.50. The molecule has 0 heterocycles. The molecule has 4 heteroatoms. The van der Waals surface area contributed by atoms with Crippen molar-refractivity contribution in [3.63, 3.8) is 0 Å². The predicted molar refractivity (Wildman–Crippen MR) is 24.7 cm³/mol. The molecule has 0 aliphatic heterocycles. The summed E-state index contributed by atoms with van der Waals surface area (Å²) in [6.45, 7) is 0. The maximum atomic E-state index is 9.58. The van der Waals surface area contributed by atoms with Crippen LogP contribution in [0.25, 0.3) is 0 Å². The number of halogens is 1. The summed E-state index contributed by atoms with van der Waals surface area (Å²) >= 11 is 5.03. The number of amides is 2. The Morgan fingerprint density at radius 2 is 1.86 bits per heavy atom. The molecular formula is C3H4ClNO2. The molecule has 0 radical (unpaired) electrons. The molecule has 0 aromatic heterocycles. The minimum absolute atomic E-state index is 0.0764. The van der Waals surface area contributed by atoms with Crippen LogP contribution >= 0.6 is 11.6 Å². The molecule has 0 aliphatic carbocycles. The van der Waals surface area contributed by atoms with Crippen LogP contribution in [-0.2, 0) is 9.59 Å². The molecule has 40 valence electrons. The van der Waals surface area contributed by atoms with Crippen molar-refractivity contribution in [2.75, 3.05) is 6.00 Å². The van der Waals surface area contributed by atoms with E-state index in [9.17, 15) is 9.59 Å². The molecule has 3 nitrogen and oxygen atoms in total.